The molecule has 0 atom stereocenters. The van der Waals surface area contributed by atoms with Crippen LogP contribution in [0.4, 0.5) is 0 Å². The van der Waals surface area contributed by atoms with E-state index in [0.717, 1.165) is 17.3 Å². The minimum absolute atomic E-state index is 0.0326. The minimum atomic E-state index is -1.10. The maximum atomic E-state index is 11.7. The fourth-order valence-electron chi connectivity index (χ4n) is 2.41. The molecule has 3 aromatic rings. The van der Waals surface area contributed by atoms with Crippen molar-refractivity contribution in [1.82, 2.24) is 15.2 Å². The van der Waals surface area contributed by atoms with Crippen LogP contribution < -0.4 is 0 Å². The summed E-state index contributed by atoms with van der Waals surface area (Å²) in [5.74, 6) is 0.125. The lowest BCUT2D eigenvalue weighted by atomic mass is 10.1. The van der Waals surface area contributed by atoms with Gasteiger partial charge < -0.3 is 14.3 Å². The number of nitrogens with one attached hydrogen (secondary N) is 1. The number of H-pyrrole nitrogens is 1. The molecule has 150 valence electrons. The summed E-state index contributed by atoms with van der Waals surface area (Å²) in [4.78, 5) is 27.5. The molecule has 0 fully saturated rings. The molecule has 0 aliphatic heterocycles. The van der Waals surface area contributed by atoms with E-state index in [1.165, 1.54) is 6.08 Å². The van der Waals surface area contributed by atoms with Gasteiger partial charge in [-0.3, -0.25) is 5.10 Å². The Morgan fingerprint density at radius 3 is 2.59 bits per heavy atom. The number of carboxylic acid groups (broad SMARTS) is 1. The maximum Gasteiger partial charge on any atom is 0.342 e. The Morgan fingerprint density at radius 2 is 1.97 bits per heavy atom. The number of aromatic amines is 1. The van der Waals surface area contributed by atoms with Gasteiger partial charge in [-0.1, -0.05) is 19.1 Å². The first-order valence-electron chi connectivity index (χ1n) is 8.91. The van der Waals surface area contributed by atoms with Crippen molar-refractivity contribution in [1.29, 1.82) is 0 Å². The number of thioether (sulfide) groups is 1. The molecule has 0 saturated carbocycles. The molecule has 9 heteroatoms. The summed E-state index contributed by atoms with van der Waals surface area (Å²) in [5, 5.41) is 16.5. The number of hydrogen-bond acceptors (Lipinski definition) is 7. The first kappa shape index (κ1) is 20.4. The zero-order valence-corrected chi connectivity index (χ0v) is 16.7. The van der Waals surface area contributed by atoms with Crippen LogP contribution in [0.5, 0.6) is 0 Å². The van der Waals surface area contributed by atoms with Gasteiger partial charge in [-0.05, 0) is 43.0 Å². The molecule has 2 N–H and O–H groups in total. The van der Waals surface area contributed by atoms with Crippen molar-refractivity contribution in [2.24, 2.45) is 0 Å². The van der Waals surface area contributed by atoms with Gasteiger partial charge in [0.05, 0.1) is 12.2 Å². The third kappa shape index (κ3) is 5.14. The van der Waals surface area contributed by atoms with E-state index in [1.807, 2.05) is 6.92 Å². The highest BCUT2D eigenvalue weighted by atomic mass is 32.2. The second-order valence-electron chi connectivity index (χ2n) is 5.83. The van der Waals surface area contributed by atoms with Crippen LogP contribution in [-0.2, 0) is 16.0 Å². The number of hydrogen-bond donors (Lipinski definition) is 2. The third-order valence-electron chi connectivity index (χ3n) is 3.84. The highest BCUT2D eigenvalue weighted by molar-refractivity contribution is 8.04. The fourth-order valence-corrected chi connectivity index (χ4v) is 3.12. The molecule has 8 nitrogen and oxygen atoms in total. The lowest BCUT2D eigenvalue weighted by Crippen LogP contribution is -2.03. The zero-order chi connectivity index (χ0) is 20.8. The number of aryl methyl sites for hydroxylation is 1. The molecule has 0 bridgehead atoms. The quantitative estimate of drug-likeness (QED) is 0.323. The van der Waals surface area contributed by atoms with Gasteiger partial charge in [-0.15, -0.1) is 5.10 Å². The SMILES string of the molecule is CCOC(=O)c1ccc(-c2ccc(/C=C(\Sc3n[nH]c(CC)n3)C(=O)O)o2)cc1. The number of rotatable bonds is 8. The number of carbonyl (C=O) groups is 2. The molecule has 0 amide bonds. The van der Waals surface area contributed by atoms with E-state index in [2.05, 4.69) is 15.2 Å². The number of esters is 1. The smallest absolute Gasteiger partial charge is 0.342 e. The molecule has 0 aliphatic rings. The van der Waals surface area contributed by atoms with E-state index in [0.29, 0.717) is 41.1 Å². The van der Waals surface area contributed by atoms with Crippen molar-refractivity contribution in [2.45, 2.75) is 25.4 Å². The number of aliphatic carboxylic acids is 1. The van der Waals surface area contributed by atoms with E-state index in [1.54, 1.807) is 43.3 Å². The van der Waals surface area contributed by atoms with Gasteiger partial charge >= 0.3 is 11.9 Å². The van der Waals surface area contributed by atoms with Crippen LogP contribution >= 0.6 is 11.8 Å². The van der Waals surface area contributed by atoms with Crippen molar-refractivity contribution < 1.29 is 23.8 Å². The Hall–Kier alpha value is -3.33. The average molecular weight is 413 g/mol. The largest absolute Gasteiger partial charge is 0.477 e. The standard InChI is InChI=1S/C20H19N3O5S/c1-3-17-21-20(23-22-17)29-16(18(24)25)11-14-9-10-15(28-14)12-5-7-13(8-6-12)19(26)27-4-2/h5-11H,3-4H2,1-2H3,(H,24,25)(H,21,22,23)/b16-11-. The van der Waals surface area contributed by atoms with Crippen molar-refractivity contribution in [3.05, 3.63) is 58.5 Å². The minimum Gasteiger partial charge on any atom is -0.477 e. The molecule has 0 saturated heterocycles. The van der Waals surface area contributed by atoms with Crippen LogP contribution in [0.25, 0.3) is 17.4 Å². The number of carboxylic acids is 1. The van der Waals surface area contributed by atoms with Crippen LogP contribution in [0.3, 0.4) is 0 Å². The van der Waals surface area contributed by atoms with E-state index in [-0.39, 0.29) is 10.9 Å². The molecule has 29 heavy (non-hydrogen) atoms. The number of carbonyl (C=O) groups excluding carboxylic acids is 1. The summed E-state index contributed by atoms with van der Waals surface area (Å²) in [5.41, 5.74) is 1.20. The molecule has 0 spiro atoms. The van der Waals surface area contributed by atoms with Gasteiger partial charge in [0, 0.05) is 18.1 Å². The van der Waals surface area contributed by atoms with Crippen LogP contribution in [0.15, 0.2) is 50.9 Å². The first-order chi connectivity index (χ1) is 14.0. The Morgan fingerprint density at radius 1 is 1.21 bits per heavy atom. The summed E-state index contributed by atoms with van der Waals surface area (Å²) in [7, 11) is 0. The van der Waals surface area contributed by atoms with Crippen LogP contribution in [0, 0.1) is 0 Å². The fraction of sp³-hybridized carbons (Fsp3) is 0.200. The average Bonchev–Trinajstić information content (AvgIpc) is 3.37. The molecule has 2 aromatic heterocycles. The second-order valence-corrected chi connectivity index (χ2v) is 6.84. The van der Waals surface area contributed by atoms with Crippen LogP contribution in [0.2, 0.25) is 0 Å². The number of ether oxygens (including phenoxy) is 1. The molecule has 0 radical (unpaired) electrons. The van der Waals surface area contributed by atoms with E-state index < -0.39 is 5.97 Å². The van der Waals surface area contributed by atoms with Crippen LogP contribution in [0.1, 0.15) is 35.8 Å². The molecule has 1 aromatic carbocycles. The molecule has 3 rings (SSSR count). The highest BCUT2D eigenvalue weighted by Gasteiger charge is 2.15. The van der Waals surface area contributed by atoms with E-state index in [4.69, 9.17) is 9.15 Å². The predicted molar refractivity (Wildman–Crippen MR) is 107 cm³/mol. The zero-order valence-electron chi connectivity index (χ0n) is 15.8. The van der Waals surface area contributed by atoms with Crippen molar-refractivity contribution >= 4 is 29.8 Å². The Bertz CT molecular complexity index is 1040. The van der Waals surface area contributed by atoms with Crippen molar-refractivity contribution in [2.75, 3.05) is 6.61 Å². The Balaban J connectivity index is 1.78. The topological polar surface area (TPSA) is 118 Å². The highest BCUT2D eigenvalue weighted by Crippen LogP contribution is 2.28. The molecular formula is C20H19N3O5S. The molecule has 0 aliphatic carbocycles. The van der Waals surface area contributed by atoms with Crippen molar-refractivity contribution in [3.63, 3.8) is 0 Å². The number of nitrogens with zero attached hydrogens (tertiary/aromatic N) is 2. The van der Waals surface area contributed by atoms with Gasteiger partial charge in [0.2, 0.25) is 5.16 Å². The third-order valence-corrected chi connectivity index (χ3v) is 4.72. The number of aromatic nitrogens is 3. The molecule has 0 unspecified atom stereocenters. The molecule has 2 heterocycles. The summed E-state index contributed by atoms with van der Waals surface area (Å²) in [6, 6.07) is 10.2. The number of furan rings is 1. The van der Waals surface area contributed by atoms with Crippen LogP contribution in [-0.4, -0.2) is 38.8 Å². The maximum absolute atomic E-state index is 11.7. The normalized spacial score (nSPS) is 11.4. The van der Waals surface area contributed by atoms with Gasteiger partial charge in [0.1, 0.15) is 22.3 Å². The Labute approximate surface area is 171 Å². The van der Waals surface area contributed by atoms with Crippen molar-refractivity contribution in [3.8, 4) is 11.3 Å². The monoisotopic (exact) mass is 413 g/mol. The summed E-state index contributed by atoms with van der Waals surface area (Å²) in [6.07, 6.45) is 2.10. The lowest BCUT2D eigenvalue weighted by Gasteiger charge is -2.02. The van der Waals surface area contributed by atoms with Gasteiger partial charge in [0.15, 0.2) is 0 Å². The van der Waals surface area contributed by atoms with E-state index >= 15 is 0 Å². The van der Waals surface area contributed by atoms with Gasteiger partial charge in [0.25, 0.3) is 0 Å². The number of benzene rings is 1. The Kier molecular flexibility index (Phi) is 6.50. The first-order valence-corrected chi connectivity index (χ1v) is 9.73. The summed E-state index contributed by atoms with van der Waals surface area (Å²) < 4.78 is 10.7. The summed E-state index contributed by atoms with van der Waals surface area (Å²) in [6.45, 7) is 3.98. The summed E-state index contributed by atoms with van der Waals surface area (Å²) >= 11 is 0.939. The molecular weight excluding hydrogens is 394 g/mol. The predicted octanol–water partition coefficient (Wildman–Crippen LogP) is 4.02. The van der Waals surface area contributed by atoms with Gasteiger partial charge in [-0.2, -0.15) is 0 Å². The van der Waals surface area contributed by atoms with Gasteiger partial charge in [-0.25, -0.2) is 14.6 Å². The van der Waals surface area contributed by atoms with E-state index in [9.17, 15) is 14.7 Å². The second kappa shape index (κ2) is 9.24. The lowest BCUT2D eigenvalue weighted by molar-refractivity contribution is -0.131.